The van der Waals surface area contributed by atoms with E-state index in [4.69, 9.17) is 0 Å². The summed E-state index contributed by atoms with van der Waals surface area (Å²) in [6.45, 7) is 5.87. The van der Waals surface area contributed by atoms with Crippen LogP contribution in [0.3, 0.4) is 0 Å². The minimum Gasteiger partial charge on any atom is -0.469 e. The molecule has 5 heteroatoms. The zero-order valence-electron chi connectivity index (χ0n) is 12.4. The molecular weight excluding hydrogens is 276 g/mol. The lowest BCUT2D eigenvalue weighted by molar-refractivity contribution is -0.140. The molecule has 0 spiro atoms. The first-order valence-corrected chi connectivity index (χ1v) is 8.07. The van der Waals surface area contributed by atoms with Gasteiger partial charge in [0.25, 0.3) is 0 Å². The second-order valence-corrected chi connectivity index (χ2v) is 8.25. The zero-order chi connectivity index (χ0) is 15.4. The highest BCUT2D eigenvalue weighted by atomic mass is 32.2. The quantitative estimate of drug-likeness (QED) is 0.784. The normalized spacial score (nSPS) is 13.8. The van der Waals surface area contributed by atoms with Crippen LogP contribution in [0.4, 0.5) is 0 Å². The van der Waals surface area contributed by atoms with Gasteiger partial charge in [0.2, 0.25) is 0 Å². The van der Waals surface area contributed by atoms with E-state index < -0.39 is 21.1 Å². The molecule has 0 heterocycles. The summed E-state index contributed by atoms with van der Waals surface area (Å²) in [6.07, 6.45) is 0.282. The molecule has 0 radical (unpaired) electrons. The van der Waals surface area contributed by atoms with Crippen molar-refractivity contribution in [3.8, 4) is 0 Å². The van der Waals surface area contributed by atoms with Gasteiger partial charge in [0.1, 0.15) is 0 Å². The van der Waals surface area contributed by atoms with Crippen molar-refractivity contribution in [2.75, 3.05) is 7.11 Å². The molecule has 0 aliphatic carbocycles. The molecule has 0 saturated heterocycles. The Kier molecular flexibility index (Phi) is 5.34. The molecule has 20 heavy (non-hydrogen) atoms. The minimum absolute atomic E-state index is 0.120. The van der Waals surface area contributed by atoms with Crippen LogP contribution in [0.15, 0.2) is 35.2 Å². The van der Waals surface area contributed by atoms with E-state index in [1.165, 1.54) is 7.11 Å². The van der Waals surface area contributed by atoms with Gasteiger partial charge in [-0.25, -0.2) is 8.42 Å². The van der Waals surface area contributed by atoms with Crippen molar-refractivity contribution in [1.82, 2.24) is 0 Å². The maximum atomic E-state index is 12.7. The molecule has 0 fully saturated rings. The molecule has 4 nitrogen and oxygen atoms in total. The number of carbonyl (C=O) groups excluding carboxylic acids is 1. The molecule has 0 amide bonds. The molecule has 0 bridgehead atoms. The van der Waals surface area contributed by atoms with Crippen LogP contribution in [-0.2, 0) is 19.4 Å². The molecule has 1 rings (SSSR count). The third-order valence-corrected chi connectivity index (χ3v) is 5.11. The number of carbonyl (C=O) groups is 1. The van der Waals surface area contributed by atoms with Crippen molar-refractivity contribution < 1.29 is 17.9 Å². The molecule has 112 valence electrons. The van der Waals surface area contributed by atoms with Crippen LogP contribution in [0, 0.1) is 5.41 Å². The average molecular weight is 298 g/mol. The fourth-order valence-corrected chi connectivity index (χ4v) is 4.04. The van der Waals surface area contributed by atoms with Crippen molar-refractivity contribution in [2.24, 2.45) is 5.41 Å². The summed E-state index contributed by atoms with van der Waals surface area (Å²) in [6, 6.07) is 8.24. The summed E-state index contributed by atoms with van der Waals surface area (Å²) in [5.41, 5.74) is -0.194. The van der Waals surface area contributed by atoms with Crippen molar-refractivity contribution in [2.45, 2.75) is 43.8 Å². The lowest BCUT2D eigenvalue weighted by atomic mass is 9.89. The highest BCUT2D eigenvalue weighted by Crippen LogP contribution is 2.30. The standard InChI is InChI=1S/C15H22O4S/c1-15(2,3)11-13(10-14(16)19-4)20(17,18)12-8-6-5-7-9-12/h5-9,13H,10-11H2,1-4H3. The Labute approximate surface area is 121 Å². The van der Waals surface area contributed by atoms with Crippen LogP contribution in [0.1, 0.15) is 33.6 Å². The van der Waals surface area contributed by atoms with E-state index in [0.29, 0.717) is 6.42 Å². The number of ether oxygens (including phenoxy) is 1. The first-order valence-electron chi connectivity index (χ1n) is 6.52. The topological polar surface area (TPSA) is 60.4 Å². The van der Waals surface area contributed by atoms with Crippen molar-refractivity contribution >= 4 is 15.8 Å². The van der Waals surface area contributed by atoms with Gasteiger partial charge < -0.3 is 4.74 Å². The second kappa shape index (κ2) is 6.39. The Morgan fingerprint density at radius 1 is 1.20 bits per heavy atom. The van der Waals surface area contributed by atoms with Gasteiger partial charge in [-0.2, -0.15) is 0 Å². The SMILES string of the molecule is COC(=O)CC(CC(C)(C)C)S(=O)(=O)c1ccccc1. The van der Waals surface area contributed by atoms with Gasteiger partial charge in [-0.1, -0.05) is 39.0 Å². The van der Waals surface area contributed by atoms with Crippen molar-refractivity contribution in [3.05, 3.63) is 30.3 Å². The Hall–Kier alpha value is -1.36. The Bertz CT molecular complexity index is 541. The molecule has 0 aliphatic heterocycles. The summed E-state index contributed by atoms with van der Waals surface area (Å²) < 4.78 is 29.9. The fourth-order valence-electron chi connectivity index (χ4n) is 2.05. The van der Waals surface area contributed by atoms with E-state index in [-0.39, 0.29) is 16.7 Å². The van der Waals surface area contributed by atoms with E-state index in [9.17, 15) is 13.2 Å². The Balaban J connectivity index is 3.12. The lowest BCUT2D eigenvalue weighted by Crippen LogP contribution is -2.29. The highest BCUT2D eigenvalue weighted by Gasteiger charge is 2.33. The Morgan fingerprint density at radius 2 is 1.75 bits per heavy atom. The number of methoxy groups -OCH3 is 1. The largest absolute Gasteiger partial charge is 0.469 e. The maximum absolute atomic E-state index is 12.7. The number of benzene rings is 1. The average Bonchev–Trinajstić information content (AvgIpc) is 2.37. The predicted molar refractivity (Wildman–Crippen MR) is 78.1 cm³/mol. The summed E-state index contributed by atoms with van der Waals surface area (Å²) >= 11 is 0. The molecule has 1 atom stereocenters. The van der Waals surface area contributed by atoms with Crippen LogP contribution in [0.25, 0.3) is 0 Å². The summed E-state index contributed by atoms with van der Waals surface area (Å²) in [7, 11) is -2.27. The summed E-state index contributed by atoms with van der Waals surface area (Å²) in [5, 5.41) is -0.766. The lowest BCUT2D eigenvalue weighted by Gasteiger charge is -2.25. The van der Waals surface area contributed by atoms with Crippen LogP contribution in [0.5, 0.6) is 0 Å². The van der Waals surface area contributed by atoms with E-state index in [1.807, 2.05) is 20.8 Å². The van der Waals surface area contributed by atoms with Gasteiger partial charge in [-0.05, 0) is 24.0 Å². The zero-order valence-corrected chi connectivity index (χ0v) is 13.2. The van der Waals surface area contributed by atoms with Gasteiger partial charge in [0, 0.05) is 0 Å². The second-order valence-electron chi connectivity index (χ2n) is 6.03. The van der Waals surface area contributed by atoms with Crippen LogP contribution in [0.2, 0.25) is 0 Å². The molecule has 0 N–H and O–H groups in total. The molecule has 1 unspecified atom stereocenters. The van der Waals surface area contributed by atoms with Gasteiger partial charge in [0.15, 0.2) is 9.84 Å². The first kappa shape index (κ1) is 16.7. The van der Waals surface area contributed by atoms with Crippen molar-refractivity contribution in [1.29, 1.82) is 0 Å². The smallest absolute Gasteiger partial charge is 0.306 e. The van der Waals surface area contributed by atoms with Crippen LogP contribution >= 0.6 is 0 Å². The Morgan fingerprint density at radius 3 is 2.20 bits per heavy atom. The minimum atomic E-state index is -3.54. The summed E-state index contributed by atoms with van der Waals surface area (Å²) in [4.78, 5) is 11.7. The molecule has 1 aromatic carbocycles. The third-order valence-electron chi connectivity index (χ3n) is 2.97. The monoisotopic (exact) mass is 298 g/mol. The van der Waals surface area contributed by atoms with E-state index in [0.717, 1.165) is 0 Å². The maximum Gasteiger partial charge on any atom is 0.306 e. The molecule has 1 aromatic rings. The van der Waals surface area contributed by atoms with E-state index >= 15 is 0 Å². The summed E-state index contributed by atoms with van der Waals surface area (Å²) in [5.74, 6) is -0.501. The van der Waals surface area contributed by atoms with Crippen LogP contribution < -0.4 is 0 Å². The van der Waals surface area contributed by atoms with Crippen molar-refractivity contribution in [3.63, 3.8) is 0 Å². The molecular formula is C15H22O4S. The molecule has 0 saturated carbocycles. The van der Waals surface area contributed by atoms with Gasteiger partial charge in [0.05, 0.1) is 23.7 Å². The third kappa shape index (κ3) is 4.63. The molecule has 0 aliphatic rings. The predicted octanol–water partition coefficient (Wildman–Crippen LogP) is 2.83. The number of hydrogen-bond donors (Lipinski definition) is 0. The van der Waals surface area contributed by atoms with E-state index in [2.05, 4.69) is 4.74 Å². The number of sulfone groups is 1. The number of hydrogen-bond acceptors (Lipinski definition) is 4. The number of rotatable bonds is 5. The fraction of sp³-hybridized carbons (Fsp3) is 0.533. The molecule has 0 aromatic heterocycles. The van der Waals surface area contributed by atoms with Gasteiger partial charge >= 0.3 is 5.97 Å². The number of esters is 1. The van der Waals surface area contributed by atoms with Gasteiger partial charge in [-0.3, -0.25) is 4.79 Å². The van der Waals surface area contributed by atoms with E-state index in [1.54, 1.807) is 30.3 Å². The highest BCUT2D eigenvalue weighted by molar-refractivity contribution is 7.92. The van der Waals surface area contributed by atoms with Gasteiger partial charge in [-0.15, -0.1) is 0 Å². The first-order chi connectivity index (χ1) is 9.16. The van der Waals surface area contributed by atoms with Crippen LogP contribution in [-0.4, -0.2) is 26.7 Å².